The van der Waals surface area contributed by atoms with E-state index in [1.165, 1.54) is 25.7 Å². The van der Waals surface area contributed by atoms with Crippen LogP contribution in [0.5, 0.6) is 0 Å². The Hall–Kier alpha value is -1.46. The van der Waals surface area contributed by atoms with Crippen LogP contribution < -0.4 is 0 Å². The van der Waals surface area contributed by atoms with E-state index in [9.17, 15) is 4.79 Å². The predicted molar refractivity (Wildman–Crippen MR) is 98.9 cm³/mol. The van der Waals surface area contributed by atoms with E-state index < -0.39 is 0 Å². The van der Waals surface area contributed by atoms with E-state index in [1.807, 2.05) is 4.90 Å². The molecule has 0 N–H and O–H groups in total. The van der Waals surface area contributed by atoms with Crippen LogP contribution in [0.4, 0.5) is 0 Å². The van der Waals surface area contributed by atoms with Gasteiger partial charge in [-0.15, -0.1) is 0 Å². The van der Waals surface area contributed by atoms with Crippen molar-refractivity contribution in [2.75, 3.05) is 32.9 Å². The van der Waals surface area contributed by atoms with Gasteiger partial charge in [-0.3, -0.25) is 9.78 Å². The number of hydrogen-bond donors (Lipinski definition) is 0. The molecule has 1 spiro atoms. The van der Waals surface area contributed by atoms with Crippen molar-refractivity contribution in [2.45, 2.75) is 51.0 Å². The lowest BCUT2D eigenvalue weighted by Gasteiger charge is -2.38. The molecule has 142 valence electrons. The summed E-state index contributed by atoms with van der Waals surface area (Å²) < 4.78 is 12.0. The lowest BCUT2D eigenvalue weighted by Crippen LogP contribution is -2.43. The van der Waals surface area contributed by atoms with Crippen molar-refractivity contribution in [3.63, 3.8) is 0 Å². The monoisotopic (exact) mass is 358 g/mol. The third-order valence-electron chi connectivity index (χ3n) is 6.46. The molecule has 3 aliphatic rings. The van der Waals surface area contributed by atoms with E-state index in [0.29, 0.717) is 0 Å². The summed E-state index contributed by atoms with van der Waals surface area (Å²) in [7, 11) is 0. The quantitative estimate of drug-likeness (QED) is 0.810. The molecule has 4 rings (SSSR count). The Morgan fingerprint density at radius 1 is 1.19 bits per heavy atom. The first-order valence-electron chi connectivity index (χ1n) is 10.1. The van der Waals surface area contributed by atoms with Crippen LogP contribution in [0.25, 0.3) is 0 Å². The second kappa shape index (κ2) is 8.05. The Bertz CT molecular complexity index is 593. The number of hydrogen-bond acceptors (Lipinski definition) is 4. The van der Waals surface area contributed by atoms with Crippen molar-refractivity contribution < 1.29 is 14.3 Å². The van der Waals surface area contributed by atoms with E-state index >= 15 is 0 Å². The van der Waals surface area contributed by atoms with Crippen molar-refractivity contribution in [1.82, 2.24) is 9.88 Å². The van der Waals surface area contributed by atoms with Gasteiger partial charge in [0.2, 0.25) is 0 Å². The van der Waals surface area contributed by atoms with Crippen LogP contribution >= 0.6 is 0 Å². The van der Waals surface area contributed by atoms with Crippen molar-refractivity contribution in [1.29, 1.82) is 0 Å². The number of piperidine rings is 1. The first-order chi connectivity index (χ1) is 12.7. The summed E-state index contributed by atoms with van der Waals surface area (Å²) in [6.07, 6.45) is 12.1. The topological polar surface area (TPSA) is 51.7 Å². The number of ether oxygens (including phenoxy) is 2. The number of amides is 1. The summed E-state index contributed by atoms with van der Waals surface area (Å²) >= 11 is 0. The van der Waals surface area contributed by atoms with Gasteiger partial charge in [0.25, 0.3) is 5.91 Å². The highest BCUT2D eigenvalue weighted by Crippen LogP contribution is 2.42. The average Bonchev–Trinajstić information content (AvgIpc) is 3.33. The first-order valence-corrected chi connectivity index (χ1v) is 10.1. The fourth-order valence-electron chi connectivity index (χ4n) is 4.76. The third-order valence-corrected chi connectivity index (χ3v) is 6.46. The zero-order chi connectivity index (χ0) is 17.8. The molecule has 2 aliphatic heterocycles. The minimum atomic E-state index is 0.123. The number of rotatable bonds is 5. The van der Waals surface area contributed by atoms with Crippen LogP contribution in [0.3, 0.4) is 0 Å². The highest BCUT2D eigenvalue weighted by Gasteiger charge is 2.43. The summed E-state index contributed by atoms with van der Waals surface area (Å²) in [5.41, 5.74) is 0.980. The molecular formula is C21H30N2O3. The van der Waals surface area contributed by atoms with Gasteiger partial charge in [0.05, 0.1) is 19.3 Å². The van der Waals surface area contributed by atoms with Gasteiger partial charge in [0.15, 0.2) is 0 Å². The molecule has 1 aromatic heterocycles. The number of likely N-dealkylation sites (tertiary alicyclic amines) is 1. The van der Waals surface area contributed by atoms with Crippen LogP contribution in [0.1, 0.15) is 55.3 Å². The molecule has 1 atom stereocenters. The van der Waals surface area contributed by atoms with Crippen molar-refractivity contribution in [3.05, 3.63) is 30.1 Å². The third kappa shape index (κ3) is 4.09. The van der Waals surface area contributed by atoms with Gasteiger partial charge in [0, 0.05) is 37.7 Å². The molecule has 26 heavy (non-hydrogen) atoms. The number of nitrogens with zero attached hydrogens (tertiary/aromatic N) is 2. The predicted octanol–water partition coefficient (Wildman–Crippen LogP) is 3.30. The molecule has 1 aromatic rings. The van der Waals surface area contributed by atoms with Gasteiger partial charge in [-0.2, -0.15) is 0 Å². The molecule has 1 aliphatic carbocycles. The van der Waals surface area contributed by atoms with Gasteiger partial charge in [-0.1, -0.05) is 12.8 Å². The highest BCUT2D eigenvalue weighted by molar-refractivity contribution is 5.94. The molecule has 0 unspecified atom stereocenters. The van der Waals surface area contributed by atoms with Crippen molar-refractivity contribution in [2.24, 2.45) is 11.3 Å². The summed E-state index contributed by atoms with van der Waals surface area (Å²) in [4.78, 5) is 18.5. The molecule has 5 heteroatoms. The summed E-state index contributed by atoms with van der Waals surface area (Å²) in [5, 5.41) is 0. The highest BCUT2D eigenvalue weighted by atomic mass is 16.5. The fourth-order valence-corrected chi connectivity index (χ4v) is 4.76. The van der Waals surface area contributed by atoms with Crippen molar-refractivity contribution >= 4 is 5.91 Å². The summed E-state index contributed by atoms with van der Waals surface area (Å²) in [5.74, 6) is 0.894. The number of carbonyl (C=O) groups excluding carboxylic acids is 1. The molecule has 3 heterocycles. The van der Waals surface area contributed by atoms with Crippen LogP contribution in [0.2, 0.25) is 0 Å². The smallest absolute Gasteiger partial charge is 0.253 e. The standard InChI is InChI=1S/C21H30N2O3/c24-20(18-5-9-22-10-6-18)23-11-7-21(8-12-23)13-19(26-16-21)15-25-14-17-3-1-2-4-17/h5-6,9-10,17,19H,1-4,7-8,11-16H2/t19-/m1/s1. The lowest BCUT2D eigenvalue weighted by molar-refractivity contribution is 0.00261. The SMILES string of the molecule is O=C(c1ccncc1)N1CCC2(CC1)CO[C@@H](COCC1CCCC1)C2. The Kier molecular flexibility index (Phi) is 5.55. The molecular weight excluding hydrogens is 328 g/mol. The number of carbonyl (C=O) groups is 1. The van der Waals surface area contributed by atoms with Gasteiger partial charge >= 0.3 is 0 Å². The Morgan fingerprint density at radius 3 is 2.65 bits per heavy atom. The largest absolute Gasteiger partial charge is 0.378 e. The van der Waals surface area contributed by atoms with E-state index in [4.69, 9.17) is 9.47 Å². The van der Waals surface area contributed by atoms with Gasteiger partial charge in [-0.05, 0) is 55.6 Å². The van der Waals surface area contributed by atoms with Gasteiger partial charge in [-0.25, -0.2) is 0 Å². The molecule has 0 bridgehead atoms. The minimum absolute atomic E-state index is 0.123. The minimum Gasteiger partial charge on any atom is -0.378 e. The average molecular weight is 358 g/mol. The van der Waals surface area contributed by atoms with E-state index in [0.717, 1.165) is 63.7 Å². The Labute approximate surface area is 156 Å². The summed E-state index contributed by atoms with van der Waals surface area (Å²) in [6, 6.07) is 3.59. The molecule has 0 radical (unpaired) electrons. The van der Waals surface area contributed by atoms with Crippen LogP contribution in [-0.4, -0.2) is 54.8 Å². The maximum atomic E-state index is 12.6. The molecule has 0 aromatic carbocycles. The van der Waals surface area contributed by atoms with E-state index in [-0.39, 0.29) is 17.4 Å². The maximum absolute atomic E-state index is 12.6. The number of aromatic nitrogens is 1. The lowest BCUT2D eigenvalue weighted by atomic mass is 9.76. The normalized spacial score (nSPS) is 25.8. The fraction of sp³-hybridized carbons (Fsp3) is 0.714. The Balaban J connectivity index is 1.22. The molecule has 5 nitrogen and oxygen atoms in total. The molecule has 1 saturated carbocycles. The van der Waals surface area contributed by atoms with Crippen LogP contribution in [-0.2, 0) is 9.47 Å². The van der Waals surface area contributed by atoms with Crippen molar-refractivity contribution in [3.8, 4) is 0 Å². The van der Waals surface area contributed by atoms with Crippen LogP contribution in [0, 0.1) is 11.3 Å². The number of pyridine rings is 1. The van der Waals surface area contributed by atoms with Crippen LogP contribution in [0.15, 0.2) is 24.5 Å². The zero-order valence-corrected chi connectivity index (χ0v) is 15.6. The first kappa shape index (κ1) is 17.9. The van der Waals surface area contributed by atoms with Gasteiger partial charge < -0.3 is 14.4 Å². The zero-order valence-electron chi connectivity index (χ0n) is 15.6. The molecule has 3 fully saturated rings. The second-order valence-corrected chi connectivity index (χ2v) is 8.35. The summed E-state index contributed by atoms with van der Waals surface area (Å²) in [6.45, 7) is 4.10. The molecule has 2 saturated heterocycles. The van der Waals surface area contributed by atoms with E-state index in [1.54, 1.807) is 24.5 Å². The maximum Gasteiger partial charge on any atom is 0.253 e. The van der Waals surface area contributed by atoms with E-state index in [2.05, 4.69) is 4.98 Å². The Morgan fingerprint density at radius 2 is 1.92 bits per heavy atom. The molecule has 1 amide bonds. The van der Waals surface area contributed by atoms with Gasteiger partial charge in [0.1, 0.15) is 0 Å². The second-order valence-electron chi connectivity index (χ2n) is 8.35.